The van der Waals surface area contributed by atoms with E-state index in [4.69, 9.17) is 21.8 Å². The van der Waals surface area contributed by atoms with Crippen molar-refractivity contribution in [2.24, 2.45) is 0 Å². The molecule has 0 aliphatic carbocycles. The lowest BCUT2D eigenvalue weighted by atomic mass is 10.00. The summed E-state index contributed by atoms with van der Waals surface area (Å²) in [6, 6.07) is 7.33. The summed E-state index contributed by atoms with van der Waals surface area (Å²) in [7, 11) is 0. The quantitative estimate of drug-likeness (QED) is 0.604. The number of halogens is 1. The standard InChI is InChI=1S/C13H20ClNO.C4H4O4/c1-9(15-13(2,3)4)12(16)10-6-5-7-11(14)8-10;5-3(6)1-2-4(7)8/h5-9,12,15-16H,1-4H3;1-2H,(H,5,6)(H,7,8)/b;2-1-/t9-,12?;/m0./s1. The molecule has 4 N–H and O–H groups in total. The number of nitrogens with one attached hydrogen (secondary N) is 1. The minimum absolute atomic E-state index is 0.0149. The van der Waals surface area contributed by atoms with Crippen molar-refractivity contribution in [3.8, 4) is 0 Å². The van der Waals surface area contributed by atoms with E-state index in [1.165, 1.54) is 0 Å². The van der Waals surface area contributed by atoms with Crippen LogP contribution >= 0.6 is 11.6 Å². The molecule has 0 saturated carbocycles. The van der Waals surface area contributed by atoms with E-state index in [9.17, 15) is 14.7 Å². The fourth-order valence-corrected chi connectivity index (χ4v) is 2.08. The molecule has 0 saturated heterocycles. The number of aliphatic hydroxyl groups is 1. The van der Waals surface area contributed by atoms with Crippen LogP contribution in [-0.2, 0) is 9.59 Å². The first kappa shape index (κ1) is 22.1. The first-order valence-electron chi connectivity index (χ1n) is 7.27. The maximum Gasteiger partial charge on any atom is 0.328 e. The van der Waals surface area contributed by atoms with Gasteiger partial charge in [-0.2, -0.15) is 0 Å². The van der Waals surface area contributed by atoms with Crippen LogP contribution in [0.3, 0.4) is 0 Å². The zero-order valence-corrected chi connectivity index (χ0v) is 14.9. The predicted molar refractivity (Wildman–Crippen MR) is 93.2 cm³/mol. The molecule has 1 unspecified atom stereocenters. The topological polar surface area (TPSA) is 107 Å². The number of aliphatic hydroxyl groups excluding tert-OH is 1. The maximum atomic E-state index is 10.2. The summed E-state index contributed by atoms with van der Waals surface area (Å²) >= 11 is 5.90. The van der Waals surface area contributed by atoms with Gasteiger partial charge < -0.3 is 20.6 Å². The first-order chi connectivity index (χ1) is 10.9. The minimum atomic E-state index is -1.26. The van der Waals surface area contributed by atoms with Gasteiger partial charge in [-0.15, -0.1) is 0 Å². The Hall–Kier alpha value is -1.89. The Morgan fingerprint density at radius 3 is 2.04 bits per heavy atom. The Morgan fingerprint density at radius 2 is 1.67 bits per heavy atom. The summed E-state index contributed by atoms with van der Waals surface area (Å²) in [4.78, 5) is 19.1. The van der Waals surface area contributed by atoms with Gasteiger partial charge in [-0.1, -0.05) is 23.7 Å². The van der Waals surface area contributed by atoms with Gasteiger partial charge in [-0.25, -0.2) is 9.59 Å². The molecule has 24 heavy (non-hydrogen) atoms. The molecule has 134 valence electrons. The van der Waals surface area contributed by atoms with E-state index in [0.717, 1.165) is 5.56 Å². The first-order valence-corrected chi connectivity index (χ1v) is 7.65. The van der Waals surface area contributed by atoms with Crippen LogP contribution in [-0.4, -0.2) is 38.8 Å². The highest BCUT2D eigenvalue weighted by atomic mass is 35.5. The highest BCUT2D eigenvalue weighted by molar-refractivity contribution is 6.30. The average Bonchev–Trinajstić information content (AvgIpc) is 2.43. The molecule has 1 aromatic carbocycles. The van der Waals surface area contributed by atoms with Crippen LogP contribution in [0.25, 0.3) is 0 Å². The Bertz CT molecular complexity index is 565. The number of carbonyl (C=O) groups is 2. The highest BCUT2D eigenvalue weighted by Gasteiger charge is 2.21. The second-order valence-corrected chi connectivity index (χ2v) is 6.63. The maximum absolute atomic E-state index is 10.2. The van der Waals surface area contributed by atoms with Crippen molar-refractivity contribution < 1.29 is 24.9 Å². The molecule has 0 radical (unpaired) electrons. The molecule has 0 aromatic heterocycles. The number of carboxylic acids is 2. The summed E-state index contributed by atoms with van der Waals surface area (Å²) in [5, 5.41) is 29.8. The lowest BCUT2D eigenvalue weighted by Crippen LogP contribution is -2.44. The lowest BCUT2D eigenvalue weighted by molar-refractivity contribution is -0.134. The van der Waals surface area contributed by atoms with Crippen molar-refractivity contribution in [1.29, 1.82) is 0 Å². The van der Waals surface area contributed by atoms with Gasteiger partial charge in [0.15, 0.2) is 0 Å². The van der Waals surface area contributed by atoms with Crippen LogP contribution in [0.4, 0.5) is 0 Å². The van der Waals surface area contributed by atoms with Crippen molar-refractivity contribution in [2.45, 2.75) is 45.4 Å². The SMILES string of the molecule is C[C@H](NC(C)(C)C)C(O)c1cccc(Cl)c1.O=C(O)/C=C\C(=O)O. The average molecular weight is 358 g/mol. The van der Waals surface area contributed by atoms with E-state index in [1.54, 1.807) is 12.1 Å². The Kier molecular flexibility index (Phi) is 9.28. The summed E-state index contributed by atoms with van der Waals surface area (Å²) in [5.41, 5.74) is 0.829. The number of benzene rings is 1. The van der Waals surface area contributed by atoms with Gasteiger partial charge in [0.05, 0.1) is 6.10 Å². The summed E-state index contributed by atoms with van der Waals surface area (Å²) in [6.45, 7) is 8.20. The third kappa shape index (κ3) is 10.8. The van der Waals surface area contributed by atoms with Gasteiger partial charge >= 0.3 is 11.9 Å². The molecule has 6 nitrogen and oxygen atoms in total. The van der Waals surface area contributed by atoms with Crippen LogP contribution in [0.5, 0.6) is 0 Å². The molecule has 1 aromatic rings. The van der Waals surface area contributed by atoms with Gasteiger partial charge in [0, 0.05) is 28.8 Å². The molecule has 0 spiro atoms. The predicted octanol–water partition coefficient (Wildman–Crippen LogP) is 2.86. The second kappa shape index (κ2) is 10.1. The second-order valence-electron chi connectivity index (χ2n) is 6.19. The molecule has 7 heteroatoms. The fraction of sp³-hybridized carbons (Fsp3) is 0.412. The number of hydrogen-bond donors (Lipinski definition) is 4. The summed E-state index contributed by atoms with van der Waals surface area (Å²) in [6.07, 6.45) is 0.572. The Morgan fingerprint density at radius 1 is 1.17 bits per heavy atom. The van der Waals surface area contributed by atoms with E-state index in [-0.39, 0.29) is 11.6 Å². The zero-order valence-electron chi connectivity index (χ0n) is 14.2. The van der Waals surface area contributed by atoms with E-state index < -0.39 is 18.0 Å². The molecule has 0 aliphatic heterocycles. The fourth-order valence-electron chi connectivity index (χ4n) is 1.88. The van der Waals surface area contributed by atoms with Crippen LogP contribution in [0, 0.1) is 0 Å². The third-order valence-electron chi connectivity index (χ3n) is 2.69. The molecule has 1 rings (SSSR count). The van der Waals surface area contributed by atoms with Crippen molar-refractivity contribution in [1.82, 2.24) is 5.32 Å². The van der Waals surface area contributed by atoms with Gasteiger partial charge in [-0.3, -0.25) is 0 Å². The molecule has 0 amide bonds. The molecule has 2 atom stereocenters. The van der Waals surface area contributed by atoms with Gasteiger partial charge in [0.25, 0.3) is 0 Å². The Balaban J connectivity index is 0.000000561. The van der Waals surface area contributed by atoms with Crippen molar-refractivity contribution in [3.05, 3.63) is 47.0 Å². The third-order valence-corrected chi connectivity index (χ3v) is 2.93. The highest BCUT2D eigenvalue weighted by Crippen LogP contribution is 2.21. The molecular weight excluding hydrogens is 334 g/mol. The number of carboxylic acid groups (broad SMARTS) is 2. The van der Waals surface area contributed by atoms with Gasteiger partial charge in [0.1, 0.15) is 0 Å². The van der Waals surface area contributed by atoms with Crippen LogP contribution < -0.4 is 5.32 Å². The molecule has 0 bridgehead atoms. The van der Waals surface area contributed by atoms with Crippen LogP contribution in [0.2, 0.25) is 5.02 Å². The lowest BCUT2D eigenvalue weighted by Gasteiger charge is -2.29. The van der Waals surface area contributed by atoms with Gasteiger partial charge in [0.2, 0.25) is 0 Å². The monoisotopic (exact) mass is 357 g/mol. The summed E-state index contributed by atoms with van der Waals surface area (Å²) in [5.74, 6) is -2.51. The normalized spacial score (nSPS) is 13.8. The van der Waals surface area contributed by atoms with E-state index in [2.05, 4.69) is 26.1 Å². The van der Waals surface area contributed by atoms with E-state index in [1.807, 2.05) is 19.1 Å². The number of rotatable bonds is 5. The largest absolute Gasteiger partial charge is 0.478 e. The Labute approximate surface area is 146 Å². The van der Waals surface area contributed by atoms with Crippen molar-refractivity contribution >= 4 is 23.5 Å². The minimum Gasteiger partial charge on any atom is -0.478 e. The van der Waals surface area contributed by atoms with Crippen molar-refractivity contribution in [2.75, 3.05) is 0 Å². The van der Waals surface area contributed by atoms with E-state index in [0.29, 0.717) is 17.2 Å². The molecular formula is C17H24ClNO5. The smallest absolute Gasteiger partial charge is 0.328 e. The molecule has 0 fully saturated rings. The van der Waals surface area contributed by atoms with Crippen LogP contribution in [0.1, 0.15) is 39.4 Å². The molecule has 0 aliphatic rings. The molecule has 0 heterocycles. The van der Waals surface area contributed by atoms with Crippen molar-refractivity contribution in [3.63, 3.8) is 0 Å². The van der Waals surface area contributed by atoms with Gasteiger partial charge in [-0.05, 0) is 45.4 Å². The zero-order chi connectivity index (χ0) is 18.9. The summed E-state index contributed by atoms with van der Waals surface area (Å²) < 4.78 is 0. The number of aliphatic carboxylic acids is 2. The van der Waals surface area contributed by atoms with Crippen LogP contribution in [0.15, 0.2) is 36.4 Å². The van der Waals surface area contributed by atoms with E-state index >= 15 is 0 Å². The number of hydrogen-bond acceptors (Lipinski definition) is 4.